The molecule has 0 bridgehead atoms. The maximum absolute atomic E-state index is 15.0. The molecular formula is C48H76O19. The monoisotopic (exact) mass is 956 g/mol. The molecule has 8 aliphatic rings. The van der Waals surface area contributed by atoms with Gasteiger partial charge >= 0.3 is 5.97 Å². The molecule has 0 aromatic heterocycles. The van der Waals surface area contributed by atoms with Gasteiger partial charge in [-0.25, -0.2) is 0 Å². The van der Waals surface area contributed by atoms with Crippen LogP contribution < -0.4 is 0 Å². The summed E-state index contributed by atoms with van der Waals surface area (Å²) < 4.78 is 34.6. The van der Waals surface area contributed by atoms with Gasteiger partial charge in [0.1, 0.15) is 73.4 Å². The molecule has 3 aliphatic heterocycles. The second-order valence-corrected chi connectivity index (χ2v) is 22.8. The minimum absolute atomic E-state index is 0.0984. The van der Waals surface area contributed by atoms with Crippen LogP contribution in [-0.2, 0) is 38.0 Å². The van der Waals surface area contributed by atoms with Crippen molar-refractivity contribution < 1.29 is 94.2 Å². The predicted molar refractivity (Wildman–Crippen MR) is 230 cm³/mol. The zero-order valence-electron chi connectivity index (χ0n) is 39.4. The average molecular weight is 957 g/mol. The van der Waals surface area contributed by atoms with Crippen molar-refractivity contribution in [3.8, 4) is 0 Å². The molecular weight excluding hydrogens is 881 g/mol. The highest BCUT2D eigenvalue weighted by atomic mass is 16.8. The maximum atomic E-state index is 15.0. The first-order valence-electron chi connectivity index (χ1n) is 24.3. The molecule has 19 nitrogen and oxygen atoms in total. The van der Waals surface area contributed by atoms with E-state index in [-0.39, 0.29) is 35.0 Å². The Balaban J connectivity index is 0.979. The first-order chi connectivity index (χ1) is 31.4. The molecule has 5 saturated carbocycles. The van der Waals surface area contributed by atoms with Crippen molar-refractivity contribution in [3.05, 3.63) is 12.2 Å². The van der Waals surface area contributed by atoms with Gasteiger partial charge in [-0.2, -0.15) is 0 Å². The van der Waals surface area contributed by atoms with Crippen LogP contribution in [0.2, 0.25) is 0 Å². The van der Waals surface area contributed by atoms with Gasteiger partial charge in [-0.3, -0.25) is 4.79 Å². The summed E-state index contributed by atoms with van der Waals surface area (Å²) in [4.78, 5) is 27.7. The van der Waals surface area contributed by atoms with Crippen LogP contribution in [0.4, 0.5) is 0 Å². The molecule has 0 radical (unpaired) electrons. The molecule has 27 atom stereocenters. The molecule has 19 heteroatoms. The number of aliphatic hydroxyl groups excluding tert-OH is 11. The second kappa shape index (κ2) is 18.4. The number of esters is 1. The summed E-state index contributed by atoms with van der Waals surface area (Å²) >= 11 is 0. The van der Waals surface area contributed by atoms with E-state index in [1.807, 2.05) is 13.8 Å². The number of ether oxygens (including phenoxy) is 6. The zero-order chi connectivity index (χ0) is 49.1. The van der Waals surface area contributed by atoms with E-state index >= 15 is 0 Å². The van der Waals surface area contributed by atoms with Crippen molar-refractivity contribution in [1.82, 2.24) is 0 Å². The Morgan fingerprint density at radius 1 is 0.716 bits per heavy atom. The molecule has 8 fully saturated rings. The lowest BCUT2D eigenvalue weighted by Gasteiger charge is -2.73. The Kier molecular flexibility index (Phi) is 14.1. The Morgan fingerprint density at radius 2 is 1.36 bits per heavy atom. The quantitative estimate of drug-likeness (QED) is 0.0724. The number of hydrogen-bond donors (Lipinski definition) is 11. The molecule has 382 valence electrons. The first-order valence-corrected chi connectivity index (χ1v) is 24.3. The minimum atomic E-state index is -1.89. The molecule has 0 aromatic carbocycles. The lowest BCUT2D eigenvalue weighted by Crippen LogP contribution is -2.70. The van der Waals surface area contributed by atoms with Crippen LogP contribution in [0, 0.1) is 56.7 Å². The van der Waals surface area contributed by atoms with Gasteiger partial charge in [0.15, 0.2) is 12.6 Å². The lowest BCUT2D eigenvalue weighted by atomic mass is 9.31. The number of aldehydes is 1. The SMILES string of the molecule is C=C(C)[C@@H]1CC[C@]2(C(=O)O[C@@H]3O[C@H](CO[C@@H]4O[C@H](CO)[C@@H](O[C@@H]5O[C@@H](C)[C@H](O)[C@@H](O)[C@H]5O)[C@H](O)[C@H]4O)[C@@H](O)[C@H](O)[C@H]3O)CC[C@]3(C)[C@H](C[C@@H](O)[C@@H]4[C@@]5(C)CC[C@@H](O)[C@@](C)(C=O)[C@@H]5CC[C@]43C)[C@@H]12. The second-order valence-electron chi connectivity index (χ2n) is 22.8. The van der Waals surface area contributed by atoms with Gasteiger partial charge in [0.05, 0.1) is 42.4 Å². The average Bonchev–Trinajstić information content (AvgIpc) is 3.70. The number of aliphatic hydroxyl groups is 11. The third kappa shape index (κ3) is 7.83. The third-order valence-corrected chi connectivity index (χ3v) is 19.6. The standard InChI is InChI=1S/C48H76O19/c1-20(2)22-8-13-48(15-14-46(6)23(29(22)48)16-24(51)39-44(4)11-10-28(52)45(5,19-50)27(44)9-12-47(39,46)7)43(61)67-42-36(59)33(56)31(54)26(65-42)18-62-40-37(60)34(57)38(25(17-49)64-40)66-41-35(58)32(55)30(53)21(3)63-41/h19,21-42,49,51-60H,1,8-18H2,2-7H3/t21-,22-,23+,24+,25+,26+,27+,28+,29+,30-,31+,32+,33-,34+,35+,36+,37+,38+,39+,40+,41-,42-,44-,45-,46+,47+,48-/m0/s1. The van der Waals surface area contributed by atoms with E-state index < -0.39 is 145 Å². The number of carbonyl (C=O) groups excluding carboxylic acids is 2. The van der Waals surface area contributed by atoms with Crippen molar-refractivity contribution in [2.24, 2.45) is 56.7 Å². The summed E-state index contributed by atoms with van der Waals surface area (Å²) in [5.41, 5.74) is -2.28. The first kappa shape index (κ1) is 51.6. The summed E-state index contributed by atoms with van der Waals surface area (Å²) in [7, 11) is 0. The summed E-state index contributed by atoms with van der Waals surface area (Å²) in [6, 6.07) is 0. The normalized spacial score (nSPS) is 56.4. The van der Waals surface area contributed by atoms with Crippen molar-refractivity contribution in [2.75, 3.05) is 13.2 Å². The molecule has 8 rings (SSSR count). The molecule has 0 amide bonds. The summed E-state index contributed by atoms with van der Waals surface area (Å²) in [5, 5.41) is 120. The van der Waals surface area contributed by atoms with Crippen LogP contribution in [0.5, 0.6) is 0 Å². The Labute approximate surface area is 391 Å². The van der Waals surface area contributed by atoms with Gasteiger partial charge in [0, 0.05) is 0 Å². The van der Waals surface area contributed by atoms with Gasteiger partial charge < -0.3 is 89.4 Å². The molecule has 11 N–H and O–H groups in total. The molecule has 5 aliphatic carbocycles. The van der Waals surface area contributed by atoms with Crippen LogP contribution in [0.1, 0.15) is 99.3 Å². The fourth-order valence-corrected chi connectivity index (χ4v) is 15.7. The molecule has 67 heavy (non-hydrogen) atoms. The van der Waals surface area contributed by atoms with Gasteiger partial charge in [-0.15, -0.1) is 0 Å². The Bertz CT molecular complexity index is 1840. The minimum Gasteiger partial charge on any atom is -0.432 e. The van der Waals surface area contributed by atoms with Crippen LogP contribution in [0.15, 0.2) is 12.2 Å². The van der Waals surface area contributed by atoms with Gasteiger partial charge in [-0.1, -0.05) is 39.8 Å². The topological polar surface area (TPSA) is 312 Å². The van der Waals surface area contributed by atoms with E-state index in [1.165, 1.54) is 6.92 Å². The van der Waals surface area contributed by atoms with E-state index in [0.29, 0.717) is 51.4 Å². The van der Waals surface area contributed by atoms with E-state index in [0.717, 1.165) is 18.3 Å². The predicted octanol–water partition coefficient (Wildman–Crippen LogP) is -0.826. The maximum Gasteiger partial charge on any atom is 0.314 e. The summed E-state index contributed by atoms with van der Waals surface area (Å²) in [5.74, 6) is -1.49. The van der Waals surface area contributed by atoms with Gasteiger partial charge in [-0.05, 0) is 117 Å². The number of carbonyl (C=O) groups is 2. The molecule has 0 unspecified atom stereocenters. The number of rotatable bonds is 10. The number of fused-ring (bicyclic) bond motifs is 7. The molecule has 3 heterocycles. The van der Waals surface area contributed by atoms with Gasteiger partial charge in [0.25, 0.3) is 0 Å². The van der Waals surface area contributed by atoms with Crippen LogP contribution in [0.25, 0.3) is 0 Å². The lowest BCUT2D eigenvalue weighted by molar-refractivity contribution is -0.361. The highest BCUT2D eigenvalue weighted by Gasteiger charge is 2.74. The van der Waals surface area contributed by atoms with Crippen molar-refractivity contribution in [3.63, 3.8) is 0 Å². The van der Waals surface area contributed by atoms with Crippen LogP contribution in [-0.4, -0.2) is 186 Å². The summed E-state index contributed by atoms with van der Waals surface area (Å²) in [6.45, 7) is 14.9. The molecule has 0 aromatic rings. The van der Waals surface area contributed by atoms with Crippen LogP contribution in [0.3, 0.4) is 0 Å². The van der Waals surface area contributed by atoms with E-state index in [1.54, 1.807) is 0 Å². The van der Waals surface area contributed by atoms with Crippen molar-refractivity contribution in [2.45, 2.75) is 204 Å². The summed E-state index contributed by atoms with van der Waals surface area (Å²) in [6.07, 6.45) is -20.0. The highest BCUT2D eigenvalue weighted by molar-refractivity contribution is 5.78. The fourth-order valence-electron chi connectivity index (χ4n) is 15.7. The molecule has 3 saturated heterocycles. The fraction of sp³-hybridized carbons (Fsp3) is 0.917. The van der Waals surface area contributed by atoms with Crippen LogP contribution >= 0.6 is 0 Å². The zero-order valence-corrected chi connectivity index (χ0v) is 39.4. The third-order valence-electron chi connectivity index (χ3n) is 19.6. The van der Waals surface area contributed by atoms with E-state index in [4.69, 9.17) is 28.4 Å². The van der Waals surface area contributed by atoms with Gasteiger partial charge in [0.2, 0.25) is 6.29 Å². The highest BCUT2D eigenvalue weighted by Crippen LogP contribution is 2.77. The molecule has 0 spiro atoms. The van der Waals surface area contributed by atoms with Crippen molar-refractivity contribution in [1.29, 1.82) is 0 Å². The van der Waals surface area contributed by atoms with E-state index in [9.17, 15) is 65.8 Å². The van der Waals surface area contributed by atoms with Crippen molar-refractivity contribution >= 4 is 12.3 Å². The number of allylic oxidation sites excluding steroid dienone is 1. The smallest absolute Gasteiger partial charge is 0.314 e. The van der Waals surface area contributed by atoms with E-state index in [2.05, 4.69) is 27.4 Å². The Hall–Kier alpha value is -1.76. The number of hydrogen-bond acceptors (Lipinski definition) is 19. The Morgan fingerprint density at radius 3 is 2.01 bits per heavy atom. The largest absolute Gasteiger partial charge is 0.432 e.